The smallest absolute Gasteiger partial charge is 0.159 e. The van der Waals surface area contributed by atoms with Gasteiger partial charge in [-0.25, -0.2) is 9.97 Å². The molecule has 0 N–H and O–H groups in total. The Kier molecular flexibility index (Phi) is 3.01. The van der Waals surface area contributed by atoms with E-state index in [1.807, 2.05) is 24.3 Å². The quantitative estimate of drug-likeness (QED) is 0.611. The SMILES string of the molecule is Clc1cc(Cl)n2c(-c3ccc(Br)cc3)ncc2n1. The largest absolute Gasteiger partial charge is 0.266 e. The molecule has 18 heavy (non-hydrogen) atoms. The molecule has 0 unspecified atom stereocenters. The van der Waals surface area contributed by atoms with Crippen molar-refractivity contribution < 1.29 is 0 Å². The zero-order chi connectivity index (χ0) is 12.7. The summed E-state index contributed by atoms with van der Waals surface area (Å²) in [6.45, 7) is 0. The molecule has 6 heteroatoms. The number of benzene rings is 1. The number of aromatic nitrogens is 3. The minimum absolute atomic E-state index is 0.356. The predicted octanol–water partition coefficient (Wildman–Crippen LogP) is 4.47. The molecule has 0 saturated carbocycles. The van der Waals surface area contributed by atoms with Crippen LogP contribution in [0.3, 0.4) is 0 Å². The Hall–Kier alpha value is -1.10. The van der Waals surface area contributed by atoms with Crippen molar-refractivity contribution in [2.24, 2.45) is 0 Å². The fourth-order valence-electron chi connectivity index (χ4n) is 1.74. The molecule has 0 atom stereocenters. The Balaban J connectivity index is 2.27. The average Bonchev–Trinajstić information content (AvgIpc) is 2.74. The van der Waals surface area contributed by atoms with Gasteiger partial charge in [0.1, 0.15) is 16.1 Å². The summed E-state index contributed by atoms with van der Waals surface area (Å²) in [7, 11) is 0. The molecule has 0 bridgehead atoms. The van der Waals surface area contributed by atoms with E-state index in [1.54, 1.807) is 16.7 Å². The topological polar surface area (TPSA) is 30.2 Å². The summed E-state index contributed by atoms with van der Waals surface area (Å²) in [5, 5.41) is 0.843. The van der Waals surface area contributed by atoms with Gasteiger partial charge in [-0.15, -0.1) is 0 Å². The summed E-state index contributed by atoms with van der Waals surface area (Å²) in [5.74, 6) is 0.742. The number of nitrogens with zero attached hydrogens (tertiary/aromatic N) is 3. The van der Waals surface area contributed by atoms with Gasteiger partial charge < -0.3 is 0 Å². The molecule has 2 aromatic heterocycles. The van der Waals surface area contributed by atoms with Crippen molar-refractivity contribution in [1.29, 1.82) is 0 Å². The van der Waals surface area contributed by atoms with Gasteiger partial charge in [-0.2, -0.15) is 0 Å². The molecule has 3 aromatic rings. The number of hydrogen-bond donors (Lipinski definition) is 0. The predicted molar refractivity (Wildman–Crippen MR) is 76.1 cm³/mol. The standard InChI is InChI=1S/C12H6BrCl2N3/c13-8-3-1-7(2-4-8)12-16-6-11-17-9(14)5-10(15)18(11)12/h1-6H. The second-order valence-electron chi connectivity index (χ2n) is 3.68. The third-order valence-corrected chi connectivity index (χ3v) is 3.52. The van der Waals surface area contributed by atoms with Crippen LogP contribution in [0.5, 0.6) is 0 Å². The number of hydrogen-bond acceptors (Lipinski definition) is 2. The van der Waals surface area contributed by atoms with E-state index in [0.29, 0.717) is 16.0 Å². The van der Waals surface area contributed by atoms with Gasteiger partial charge in [-0.3, -0.25) is 4.40 Å². The van der Waals surface area contributed by atoms with Crippen molar-refractivity contribution in [3.63, 3.8) is 0 Å². The first-order chi connectivity index (χ1) is 8.65. The minimum Gasteiger partial charge on any atom is -0.266 e. The molecule has 0 radical (unpaired) electrons. The van der Waals surface area contributed by atoms with Crippen LogP contribution in [-0.4, -0.2) is 14.4 Å². The van der Waals surface area contributed by atoms with E-state index in [2.05, 4.69) is 25.9 Å². The van der Waals surface area contributed by atoms with Crippen molar-refractivity contribution in [1.82, 2.24) is 14.4 Å². The molecule has 0 aliphatic heterocycles. The molecule has 0 aliphatic rings. The van der Waals surface area contributed by atoms with Crippen molar-refractivity contribution >= 4 is 44.8 Å². The molecule has 0 spiro atoms. The molecule has 1 aromatic carbocycles. The average molecular weight is 343 g/mol. The second-order valence-corrected chi connectivity index (χ2v) is 5.37. The number of halogens is 3. The molecular formula is C12H6BrCl2N3. The summed E-state index contributed by atoms with van der Waals surface area (Å²) in [4.78, 5) is 8.51. The van der Waals surface area contributed by atoms with E-state index in [4.69, 9.17) is 23.2 Å². The van der Waals surface area contributed by atoms with Crippen molar-refractivity contribution in [2.45, 2.75) is 0 Å². The van der Waals surface area contributed by atoms with Crippen LogP contribution in [-0.2, 0) is 0 Å². The highest BCUT2D eigenvalue weighted by atomic mass is 79.9. The van der Waals surface area contributed by atoms with Gasteiger partial charge in [-0.05, 0) is 12.1 Å². The van der Waals surface area contributed by atoms with Crippen LogP contribution in [0.4, 0.5) is 0 Å². The lowest BCUT2D eigenvalue weighted by Crippen LogP contribution is -1.93. The third kappa shape index (κ3) is 2.00. The van der Waals surface area contributed by atoms with Gasteiger partial charge in [0.2, 0.25) is 0 Å². The summed E-state index contributed by atoms with van der Waals surface area (Å²) >= 11 is 15.4. The monoisotopic (exact) mass is 341 g/mol. The fraction of sp³-hybridized carbons (Fsp3) is 0. The van der Waals surface area contributed by atoms with E-state index in [9.17, 15) is 0 Å². The lowest BCUT2D eigenvalue weighted by molar-refractivity contribution is 1.12. The fourth-order valence-corrected chi connectivity index (χ4v) is 2.52. The van der Waals surface area contributed by atoms with Crippen LogP contribution in [0.2, 0.25) is 10.3 Å². The molecule has 2 heterocycles. The molecule has 0 saturated heterocycles. The van der Waals surface area contributed by atoms with E-state index < -0.39 is 0 Å². The van der Waals surface area contributed by atoms with Gasteiger partial charge in [0.25, 0.3) is 0 Å². The third-order valence-electron chi connectivity index (χ3n) is 2.52. The second kappa shape index (κ2) is 4.53. The molecular weight excluding hydrogens is 337 g/mol. The van der Waals surface area contributed by atoms with Crippen LogP contribution in [0.25, 0.3) is 17.0 Å². The van der Waals surface area contributed by atoms with Crippen LogP contribution in [0.1, 0.15) is 0 Å². The van der Waals surface area contributed by atoms with Crippen LogP contribution >= 0.6 is 39.1 Å². The zero-order valence-corrected chi connectivity index (χ0v) is 12.0. The molecule has 90 valence electrons. The molecule has 3 nitrogen and oxygen atoms in total. The Bertz CT molecular complexity index is 722. The van der Waals surface area contributed by atoms with E-state index in [-0.39, 0.29) is 0 Å². The van der Waals surface area contributed by atoms with Gasteiger partial charge in [0, 0.05) is 16.1 Å². The molecule has 0 fully saturated rings. The van der Waals surface area contributed by atoms with E-state index in [0.717, 1.165) is 15.9 Å². The van der Waals surface area contributed by atoms with Crippen LogP contribution in [0, 0.1) is 0 Å². The highest BCUT2D eigenvalue weighted by Crippen LogP contribution is 2.25. The molecule has 0 amide bonds. The summed E-state index contributed by atoms with van der Waals surface area (Å²) in [6.07, 6.45) is 1.65. The highest BCUT2D eigenvalue weighted by Gasteiger charge is 2.11. The Labute approximate surface area is 122 Å². The summed E-state index contributed by atoms with van der Waals surface area (Å²) in [5.41, 5.74) is 1.59. The number of fused-ring (bicyclic) bond motifs is 1. The van der Waals surface area contributed by atoms with Gasteiger partial charge >= 0.3 is 0 Å². The Morgan fingerprint density at radius 2 is 1.83 bits per heavy atom. The first-order valence-corrected chi connectivity index (χ1v) is 6.65. The van der Waals surface area contributed by atoms with Crippen molar-refractivity contribution in [3.05, 3.63) is 51.3 Å². The Morgan fingerprint density at radius 3 is 2.56 bits per heavy atom. The normalized spacial score (nSPS) is 11.1. The molecule has 3 rings (SSSR count). The first-order valence-electron chi connectivity index (χ1n) is 5.10. The first kappa shape index (κ1) is 12.0. The van der Waals surface area contributed by atoms with Gasteiger partial charge in [0.15, 0.2) is 5.65 Å². The molecule has 0 aliphatic carbocycles. The van der Waals surface area contributed by atoms with Crippen LogP contribution < -0.4 is 0 Å². The summed E-state index contributed by atoms with van der Waals surface area (Å²) in [6, 6.07) is 9.43. The van der Waals surface area contributed by atoms with Crippen molar-refractivity contribution in [2.75, 3.05) is 0 Å². The number of imidazole rings is 1. The van der Waals surface area contributed by atoms with Gasteiger partial charge in [-0.1, -0.05) is 51.3 Å². The van der Waals surface area contributed by atoms with E-state index in [1.165, 1.54) is 0 Å². The minimum atomic E-state index is 0.356. The summed E-state index contributed by atoms with van der Waals surface area (Å²) < 4.78 is 2.77. The maximum Gasteiger partial charge on any atom is 0.159 e. The Morgan fingerprint density at radius 1 is 1.11 bits per heavy atom. The van der Waals surface area contributed by atoms with Crippen LogP contribution in [0.15, 0.2) is 41.0 Å². The zero-order valence-electron chi connectivity index (χ0n) is 8.94. The highest BCUT2D eigenvalue weighted by molar-refractivity contribution is 9.10. The van der Waals surface area contributed by atoms with Gasteiger partial charge in [0.05, 0.1) is 6.20 Å². The van der Waals surface area contributed by atoms with Crippen molar-refractivity contribution in [3.8, 4) is 11.4 Å². The maximum absolute atomic E-state index is 6.18. The maximum atomic E-state index is 6.18. The lowest BCUT2D eigenvalue weighted by Gasteiger charge is -2.04. The van der Waals surface area contributed by atoms with E-state index >= 15 is 0 Å². The lowest BCUT2D eigenvalue weighted by atomic mass is 10.2. The number of rotatable bonds is 1.